The van der Waals surface area contributed by atoms with Crippen molar-refractivity contribution >= 4 is 35.2 Å². The van der Waals surface area contributed by atoms with Crippen LogP contribution in [0.25, 0.3) is 0 Å². The van der Waals surface area contributed by atoms with Crippen molar-refractivity contribution in [3.63, 3.8) is 0 Å². The van der Waals surface area contributed by atoms with E-state index in [9.17, 15) is 9.59 Å². The van der Waals surface area contributed by atoms with Crippen LogP contribution in [0.15, 0.2) is 72.5 Å². The molecule has 2 aliphatic heterocycles. The van der Waals surface area contributed by atoms with Gasteiger partial charge in [-0.2, -0.15) is 0 Å². The zero-order chi connectivity index (χ0) is 26.4. The average molecular weight is 543 g/mol. The maximum atomic E-state index is 13.3. The molecular formula is C28H32Cl2N4O3. The number of rotatable bonds is 9. The summed E-state index contributed by atoms with van der Waals surface area (Å²) in [6, 6.07) is 14.4. The summed E-state index contributed by atoms with van der Waals surface area (Å²) < 4.78 is 5.46. The zero-order valence-corrected chi connectivity index (χ0v) is 22.5. The smallest absolute Gasteiger partial charge is 0.338 e. The lowest BCUT2D eigenvalue weighted by atomic mass is 9.94. The lowest BCUT2D eigenvalue weighted by molar-refractivity contribution is -0.139. The zero-order valence-electron chi connectivity index (χ0n) is 21.0. The fraction of sp³-hybridized carbons (Fsp3) is 0.357. The average Bonchev–Trinajstić information content (AvgIpc) is 2.88. The molecule has 9 heteroatoms. The number of nitrogens with zero attached hydrogens (tertiary/aromatic N) is 3. The first kappa shape index (κ1) is 27.2. The van der Waals surface area contributed by atoms with E-state index >= 15 is 0 Å². The Morgan fingerprint density at radius 2 is 1.76 bits per heavy atom. The topological polar surface area (TPSA) is 65.1 Å². The number of carbonyl (C=O) groups is 2. The highest BCUT2D eigenvalue weighted by molar-refractivity contribution is 6.35. The van der Waals surface area contributed by atoms with Gasteiger partial charge in [0.05, 0.1) is 18.2 Å². The summed E-state index contributed by atoms with van der Waals surface area (Å²) in [6.45, 7) is 10.8. The summed E-state index contributed by atoms with van der Waals surface area (Å²) in [5, 5.41) is 3.78. The van der Waals surface area contributed by atoms with Crippen LogP contribution < -0.4 is 5.32 Å². The van der Waals surface area contributed by atoms with Gasteiger partial charge in [-0.25, -0.2) is 9.59 Å². The molecular weight excluding hydrogens is 511 g/mol. The van der Waals surface area contributed by atoms with E-state index in [1.165, 1.54) is 5.56 Å². The third-order valence-corrected chi connectivity index (χ3v) is 7.17. The van der Waals surface area contributed by atoms with Gasteiger partial charge in [-0.15, -0.1) is 6.58 Å². The monoisotopic (exact) mass is 542 g/mol. The van der Waals surface area contributed by atoms with Gasteiger partial charge in [-0.3, -0.25) is 14.7 Å². The summed E-state index contributed by atoms with van der Waals surface area (Å²) in [5.74, 6) is -0.481. The predicted octanol–water partition coefficient (Wildman–Crippen LogP) is 4.88. The largest absolute Gasteiger partial charge is 0.463 e. The molecule has 0 bridgehead atoms. The first-order valence-corrected chi connectivity index (χ1v) is 13.2. The number of halogens is 2. The second kappa shape index (κ2) is 12.6. The number of piperazine rings is 1. The quantitative estimate of drug-likeness (QED) is 0.361. The molecule has 0 unspecified atom stereocenters. The summed E-state index contributed by atoms with van der Waals surface area (Å²) in [4.78, 5) is 32.9. The Hall–Kier alpha value is -2.84. The highest BCUT2D eigenvalue weighted by atomic mass is 35.5. The minimum Gasteiger partial charge on any atom is -0.463 e. The first-order valence-electron chi connectivity index (χ1n) is 12.4. The Morgan fingerprint density at radius 3 is 2.38 bits per heavy atom. The summed E-state index contributed by atoms with van der Waals surface area (Å²) >= 11 is 12.6. The van der Waals surface area contributed by atoms with Crippen molar-refractivity contribution in [3.8, 4) is 0 Å². The Balaban J connectivity index is 1.63. The van der Waals surface area contributed by atoms with Crippen molar-refractivity contribution in [2.45, 2.75) is 19.5 Å². The van der Waals surface area contributed by atoms with E-state index < -0.39 is 12.0 Å². The molecule has 2 heterocycles. The third kappa shape index (κ3) is 6.54. The molecule has 2 aliphatic rings. The number of nitrogens with one attached hydrogen (secondary N) is 1. The molecule has 37 heavy (non-hydrogen) atoms. The molecule has 1 N–H and O–H groups in total. The van der Waals surface area contributed by atoms with Crippen LogP contribution in [0.1, 0.15) is 24.1 Å². The van der Waals surface area contributed by atoms with Gasteiger partial charge >= 0.3 is 12.0 Å². The van der Waals surface area contributed by atoms with Crippen molar-refractivity contribution in [2.24, 2.45) is 0 Å². The maximum Gasteiger partial charge on any atom is 0.338 e. The van der Waals surface area contributed by atoms with Gasteiger partial charge < -0.3 is 10.1 Å². The van der Waals surface area contributed by atoms with Crippen molar-refractivity contribution in [2.75, 3.05) is 45.9 Å². The minimum absolute atomic E-state index is 0.213. The van der Waals surface area contributed by atoms with Crippen molar-refractivity contribution < 1.29 is 14.3 Å². The molecule has 1 fully saturated rings. The van der Waals surface area contributed by atoms with Crippen LogP contribution in [0.4, 0.5) is 4.79 Å². The Kier molecular flexibility index (Phi) is 9.27. The third-order valence-electron chi connectivity index (χ3n) is 6.61. The van der Waals surface area contributed by atoms with E-state index in [2.05, 4.69) is 46.0 Å². The molecule has 2 aromatic rings. The van der Waals surface area contributed by atoms with E-state index in [1.807, 2.05) is 6.07 Å². The van der Waals surface area contributed by atoms with Gasteiger partial charge in [0.25, 0.3) is 0 Å². The second-order valence-corrected chi connectivity index (χ2v) is 9.91. The normalized spacial score (nSPS) is 19.1. The molecule has 0 radical (unpaired) electrons. The molecule has 0 spiro atoms. The molecule has 7 nitrogen and oxygen atoms in total. The number of urea groups is 1. The molecule has 1 atom stereocenters. The standard InChI is InChI=1S/C28H32Cl2N4O3/c1-3-12-34-24(19-33-15-13-32(14-16-33)18-20-8-6-5-7-9-20)25(27(35)37-4-2)26(31-28(34)36)22-11-10-21(29)17-23(22)30/h3,5-11,17,26H,1,4,12-16,18-19H2,2H3,(H,31,36)/t26-/m1/s1. The number of ether oxygens (including phenoxy) is 1. The molecule has 0 saturated carbocycles. The van der Waals surface area contributed by atoms with Crippen LogP contribution in [0.2, 0.25) is 10.0 Å². The van der Waals surface area contributed by atoms with E-state index in [0.717, 1.165) is 32.7 Å². The first-order chi connectivity index (χ1) is 17.9. The summed E-state index contributed by atoms with van der Waals surface area (Å²) in [5.41, 5.74) is 2.85. The highest BCUT2D eigenvalue weighted by Gasteiger charge is 2.39. The molecule has 0 aliphatic carbocycles. The molecule has 0 aromatic heterocycles. The van der Waals surface area contributed by atoms with Gasteiger partial charge in [-0.05, 0) is 30.2 Å². The number of amides is 2. The van der Waals surface area contributed by atoms with Crippen LogP contribution in [0.3, 0.4) is 0 Å². The number of hydrogen-bond donors (Lipinski definition) is 1. The number of esters is 1. The van der Waals surface area contributed by atoms with E-state index in [4.69, 9.17) is 27.9 Å². The SMILES string of the molecule is C=CCN1C(=O)N[C@H](c2ccc(Cl)cc2Cl)C(C(=O)OCC)=C1CN1CCN(Cc2ccccc2)CC1. The number of carbonyl (C=O) groups excluding carboxylic acids is 2. The van der Waals surface area contributed by atoms with E-state index in [0.29, 0.717) is 33.4 Å². The predicted molar refractivity (Wildman–Crippen MR) is 146 cm³/mol. The Bertz CT molecular complexity index is 1160. The van der Waals surface area contributed by atoms with Gasteiger partial charge in [0.1, 0.15) is 0 Å². The van der Waals surface area contributed by atoms with Gasteiger partial charge in [0.15, 0.2) is 0 Å². The van der Waals surface area contributed by atoms with Gasteiger partial charge in [-0.1, -0.05) is 65.7 Å². The highest BCUT2D eigenvalue weighted by Crippen LogP contribution is 2.36. The molecule has 2 amide bonds. The van der Waals surface area contributed by atoms with Crippen LogP contribution >= 0.6 is 23.2 Å². The van der Waals surface area contributed by atoms with Crippen LogP contribution in [0.5, 0.6) is 0 Å². The van der Waals surface area contributed by atoms with Crippen LogP contribution in [-0.2, 0) is 16.1 Å². The minimum atomic E-state index is -0.758. The van der Waals surface area contributed by atoms with E-state index in [-0.39, 0.29) is 19.2 Å². The lowest BCUT2D eigenvalue weighted by Gasteiger charge is -2.40. The molecule has 2 aromatic carbocycles. The Labute approximate surface area is 228 Å². The van der Waals surface area contributed by atoms with Crippen molar-refractivity contribution in [3.05, 3.63) is 93.6 Å². The lowest BCUT2D eigenvalue weighted by Crippen LogP contribution is -2.53. The fourth-order valence-electron chi connectivity index (χ4n) is 4.77. The van der Waals surface area contributed by atoms with Gasteiger partial charge in [0.2, 0.25) is 0 Å². The molecule has 1 saturated heterocycles. The summed E-state index contributed by atoms with van der Waals surface area (Å²) in [7, 11) is 0. The second-order valence-electron chi connectivity index (χ2n) is 9.07. The fourth-order valence-corrected chi connectivity index (χ4v) is 5.29. The molecule has 4 rings (SSSR count). The summed E-state index contributed by atoms with van der Waals surface area (Å²) in [6.07, 6.45) is 1.65. The van der Waals surface area contributed by atoms with Gasteiger partial charge in [0, 0.05) is 61.6 Å². The van der Waals surface area contributed by atoms with Crippen LogP contribution in [0, 0.1) is 0 Å². The van der Waals surface area contributed by atoms with Crippen LogP contribution in [-0.4, -0.2) is 72.6 Å². The number of benzene rings is 2. The number of hydrogen-bond acceptors (Lipinski definition) is 5. The molecule has 196 valence electrons. The Morgan fingerprint density at radius 1 is 1.08 bits per heavy atom. The van der Waals surface area contributed by atoms with Crippen molar-refractivity contribution in [1.29, 1.82) is 0 Å². The van der Waals surface area contributed by atoms with Crippen molar-refractivity contribution in [1.82, 2.24) is 20.0 Å². The maximum absolute atomic E-state index is 13.3. The van der Waals surface area contributed by atoms with E-state index in [1.54, 1.807) is 36.1 Å².